The molecule has 0 aliphatic carbocycles. The van der Waals surface area contributed by atoms with Crippen molar-refractivity contribution in [3.63, 3.8) is 0 Å². The average Bonchev–Trinajstić information content (AvgIpc) is 2.63. The summed E-state index contributed by atoms with van der Waals surface area (Å²) >= 11 is 0. The van der Waals surface area contributed by atoms with Gasteiger partial charge in [0.05, 0.1) is 19.8 Å². The molecule has 1 aliphatic rings. The molecule has 1 aromatic carbocycles. The highest BCUT2D eigenvalue weighted by Gasteiger charge is 2.16. The van der Waals surface area contributed by atoms with E-state index in [1.54, 1.807) is 31.2 Å². The highest BCUT2D eigenvalue weighted by Crippen LogP contribution is 2.14. The van der Waals surface area contributed by atoms with E-state index in [1.807, 2.05) is 4.90 Å². The van der Waals surface area contributed by atoms with Crippen molar-refractivity contribution in [2.45, 2.75) is 13.0 Å². The highest BCUT2D eigenvalue weighted by molar-refractivity contribution is 5.98. The number of morpholine rings is 1. The summed E-state index contributed by atoms with van der Waals surface area (Å²) in [5.41, 5.74) is 1.38. The number of amides is 4. The molecule has 1 heterocycles. The average molecular weight is 363 g/mol. The van der Waals surface area contributed by atoms with Crippen LogP contribution in [0.15, 0.2) is 24.3 Å². The molecule has 142 valence electrons. The molecule has 1 unspecified atom stereocenters. The Balaban J connectivity index is 1.80. The minimum Gasteiger partial charge on any atom is -0.379 e. The second-order valence-corrected chi connectivity index (χ2v) is 5.95. The lowest BCUT2D eigenvalue weighted by Gasteiger charge is -2.25. The van der Waals surface area contributed by atoms with Gasteiger partial charge in [-0.05, 0) is 31.2 Å². The lowest BCUT2D eigenvalue weighted by molar-refractivity contribution is -0.120. The van der Waals surface area contributed by atoms with Crippen LogP contribution >= 0.6 is 0 Å². The lowest BCUT2D eigenvalue weighted by Crippen LogP contribution is -2.44. The summed E-state index contributed by atoms with van der Waals surface area (Å²) < 4.78 is 5.26. The van der Waals surface area contributed by atoms with Gasteiger partial charge in [0.15, 0.2) is 0 Å². The number of nitrogens with one attached hydrogen (secondary N) is 4. The van der Waals surface area contributed by atoms with Crippen molar-refractivity contribution in [2.75, 3.05) is 50.5 Å². The number of benzene rings is 1. The van der Waals surface area contributed by atoms with Gasteiger partial charge in [0.2, 0.25) is 11.8 Å². The fraction of sp³-hybridized carbons (Fsp3) is 0.471. The number of anilines is 2. The third-order valence-electron chi connectivity index (χ3n) is 3.88. The second kappa shape index (κ2) is 9.73. The van der Waals surface area contributed by atoms with E-state index in [2.05, 4.69) is 21.3 Å². The molecule has 4 N–H and O–H groups in total. The van der Waals surface area contributed by atoms with Crippen molar-refractivity contribution < 1.29 is 19.1 Å². The molecule has 2 rings (SSSR count). The Morgan fingerprint density at radius 1 is 1.12 bits per heavy atom. The fourth-order valence-corrected chi connectivity index (χ4v) is 2.41. The van der Waals surface area contributed by atoms with Crippen molar-refractivity contribution in [1.29, 1.82) is 0 Å². The predicted molar refractivity (Wildman–Crippen MR) is 98.0 cm³/mol. The van der Waals surface area contributed by atoms with Gasteiger partial charge >= 0.3 is 6.03 Å². The zero-order chi connectivity index (χ0) is 18.9. The van der Waals surface area contributed by atoms with Crippen LogP contribution in [0.5, 0.6) is 0 Å². The molecule has 26 heavy (non-hydrogen) atoms. The molecular formula is C17H25N5O4. The standard InChI is InChI=1S/C17H25N5O4/c1-12(16(24)21-17(25)18-2)19-13-3-5-14(6-4-13)20-15(23)11-22-7-9-26-10-8-22/h3-6,12,19H,7-11H2,1-2H3,(H,20,23)(H2,18,21,24,25). The summed E-state index contributed by atoms with van der Waals surface area (Å²) in [7, 11) is 1.44. The van der Waals surface area contributed by atoms with Crippen LogP contribution < -0.4 is 21.3 Å². The van der Waals surface area contributed by atoms with Crippen LogP contribution in [0, 0.1) is 0 Å². The monoisotopic (exact) mass is 363 g/mol. The van der Waals surface area contributed by atoms with Crippen LogP contribution in [0.4, 0.5) is 16.2 Å². The molecule has 0 spiro atoms. The molecule has 0 saturated carbocycles. The maximum Gasteiger partial charge on any atom is 0.321 e. The largest absolute Gasteiger partial charge is 0.379 e. The topological polar surface area (TPSA) is 112 Å². The first kappa shape index (κ1) is 19.7. The molecule has 9 heteroatoms. The molecule has 1 aliphatic heterocycles. The molecule has 1 atom stereocenters. The summed E-state index contributed by atoms with van der Waals surface area (Å²) in [6.07, 6.45) is 0. The van der Waals surface area contributed by atoms with E-state index in [9.17, 15) is 14.4 Å². The van der Waals surface area contributed by atoms with Crippen LogP contribution in [0.1, 0.15) is 6.92 Å². The molecule has 0 bridgehead atoms. The SMILES string of the molecule is CNC(=O)NC(=O)C(C)Nc1ccc(NC(=O)CN2CCOCC2)cc1. The number of nitrogens with zero attached hydrogens (tertiary/aromatic N) is 1. The van der Waals surface area contributed by atoms with E-state index in [0.717, 1.165) is 13.1 Å². The molecule has 0 radical (unpaired) electrons. The minimum absolute atomic E-state index is 0.0778. The first-order valence-electron chi connectivity index (χ1n) is 8.47. The maximum absolute atomic E-state index is 12.1. The van der Waals surface area contributed by atoms with E-state index in [-0.39, 0.29) is 5.91 Å². The van der Waals surface area contributed by atoms with E-state index >= 15 is 0 Å². The Morgan fingerprint density at radius 2 is 1.73 bits per heavy atom. The maximum atomic E-state index is 12.1. The number of imide groups is 1. The Labute approximate surface area is 152 Å². The van der Waals surface area contributed by atoms with Crippen LogP contribution in [-0.4, -0.2) is 68.7 Å². The van der Waals surface area contributed by atoms with E-state index in [0.29, 0.717) is 31.1 Å². The van der Waals surface area contributed by atoms with Gasteiger partial charge < -0.3 is 20.7 Å². The predicted octanol–water partition coefficient (Wildman–Crippen LogP) is 0.213. The summed E-state index contributed by atoms with van der Waals surface area (Å²) in [6, 6.07) is 5.88. The van der Waals surface area contributed by atoms with Gasteiger partial charge in [0, 0.05) is 31.5 Å². The van der Waals surface area contributed by atoms with Crippen molar-refractivity contribution in [1.82, 2.24) is 15.5 Å². The highest BCUT2D eigenvalue weighted by atomic mass is 16.5. The fourth-order valence-electron chi connectivity index (χ4n) is 2.41. The van der Waals surface area contributed by atoms with Gasteiger partial charge in [0.25, 0.3) is 0 Å². The van der Waals surface area contributed by atoms with Gasteiger partial charge in [-0.1, -0.05) is 0 Å². The zero-order valence-electron chi connectivity index (χ0n) is 15.0. The quantitative estimate of drug-likeness (QED) is 0.575. The summed E-state index contributed by atoms with van der Waals surface area (Å²) in [5.74, 6) is -0.516. The summed E-state index contributed by atoms with van der Waals surface area (Å²) in [5, 5.41) is 10.4. The van der Waals surface area contributed by atoms with Crippen molar-refractivity contribution in [3.05, 3.63) is 24.3 Å². The number of rotatable bonds is 6. The Bertz CT molecular complexity index is 629. The molecule has 1 fully saturated rings. The van der Waals surface area contributed by atoms with Gasteiger partial charge in [0.1, 0.15) is 6.04 Å². The van der Waals surface area contributed by atoms with Crippen molar-refractivity contribution in [3.8, 4) is 0 Å². The minimum atomic E-state index is -0.589. The Kier molecular flexibility index (Phi) is 7.37. The van der Waals surface area contributed by atoms with E-state index in [4.69, 9.17) is 4.74 Å². The molecular weight excluding hydrogens is 338 g/mol. The molecule has 4 amide bonds. The van der Waals surface area contributed by atoms with E-state index < -0.39 is 18.0 Å². The van der Waals surface area contributed by atoms with Crippen molar-refractivity contribution in [2.24, 2.45) is 0 Å². The van der Waals surface area contributed by atoms with Gasteiger partial charge in [-0.25, -0.2) is 4.79 Å². The number of hydrogen-bond donors (Lipinski definition) is 4. The number of urea groups is 1. The molecule has 9 nitrogen and oxygen atoms in total. The molecule has 1 saturated heterocycles. The summed E-state index contributed by atoms with van der Waals surface area (Å²) in [4.78, 5) is 37.1. The lowest BCUT2D eigenvalue weighted by atomic mass is 10.2. The summed E-state index contributed by atoms with van der Waals surface area (Å²) in [6.45, 7) is 4.80. The third kappa shape index (κ3) is 6.34. The van der Waals surface area contributed by atoms with Crippen molar-refractivity contribution >= 4 is 29.2 Å². The second-order valence-electron chi connectivity index (χ2n) is 5.95. The van der Waals surface area contributed by atoms with Crippen LogP contribution in [0.2, 0.25) is 0 Å². The van der Waals surface area contributed by atoms with Gasteiger partial charge in [-0.2, -0.15) is 0 Å². The van der Waals surface area contributed by atoms with Crippen LogP contribution in [0.3, 0.4) is 0 Å². The van der Waals surface area contributed by atoms with E-state index in [1.165, 1.54) is 7.05 Å². The normalized spacial score (nSPS) is 15.6. The van der Waals surface area contributed by atoms with Gasteiger partial charge in [-0.3, -0.25) is 19.8 Å². The number of carbonyl (C=O) groups excluding carboxylic acids is 3. The van der Waals surface area contributed by atoms with Crippen LogP contribution in [0.25, 0.3) is 0 Å². The smallest absolute Gasteiger partial charge is 0.321 e. The first-order chi connectivity index (χ1) is 12.5. The third-order valence-corrected chi connectivity index (χ3v) is 3.88. The van der Waals surface area contributed by atoms with Crippen LogP contribution in [-0.2, 0) is 14.3 Å². The zero-order valence-corrected chi connectivity index (χ0v) is 15.0. The van der Waals surface area contributed by atoms with Gasteiger partial charge in [-0.15, -0.1) is 0 Å². The number of carbonyl (C=O) groups is 3. The number of hydrogen-bond acceptors (Lipinski definition) is 6. The Morgan fingerprint density at radius 3 is 2.35 bits per heavy atom. The Hall–Kier alpha value is -2.65. The molecule has 0 aromatic heterocycles. The first-order valence-corrected chi connectivity index (χ1v) is 8.47. The molecule has 1 aromatic rings. The number of ether oxygens (including phenoxy) is 1.